The Morgan fingerprint density at radius 2 is 1.76 bits per heavy atom. The Morgan fingerprint density at radius 3 is 2.45 bits per heavy atom. The van der Waals surface area contributed by atoms with Crippen LogP contribution in [0.25, 0.3) is 0 Å². The maximum atomic E-state index is 14.2. The number of nitrogens with one attached hydrogen (secondary N) is 1. The second-order valence-corrected chi connectivity index (χ2v) is 7.36. The molecule has 0 saturated carbocycles. The van der Waals surface area contributed by atoms with E-state index in [0.717, 1.165) is 41.9 Å². The van der Waals surface area contributed by atoms with E-state index in [1.54, 1.807) is 12.4 Å². The van der Waals surface area contributed by atoms with E-state index in [9.17, 15) is 18.4 Å². The number of pyridine rings is 1. The summed E-state index contributed by atoms with van der Waals surface area (Å²) in [7, 11) is 0. The molecule has 7 nitrogen and oxygen atoms in total. The number of hydrogen-bond donors (Lipinski definition) is 1. The zero-order valence-electron chi connectivity index (χ0n) is 15.9. The van der Waals surface area contributed by atoms with E-state index in [1.807, 2.05) is 17.0 Å². The summed E-state index contributed by atoms with van der Waals surface area (Å²) in [6, 6.07) is 6.14. The fraction of sp³-hybridized carbons (Fsp3) is 0.350. The maximum Gasteiger partial charge on any atom is 0.326 e. The van der Waals surface area contributed by atoms with Gasteiger partial charge >= 0.3 is 6.03 Å². The van der Waals surface area contributed by atoms with Gasteiger partial charge in [-0.2, -0.15) is 0 Å². The highest BCUT2D eigenvalue weighted by Gasteiger charge is 2.50. The Balaban J connectivity index is 1.44. The van der Waals surface area contributed by atoms with Gasteiger partial charge in [0.25, 0.3) is 5.91 Å². The number of urea groups is 1. The van der Waals surface area contributed by atoms with Gasteiger partial charge in [0, 0.05) is 49.8 Å². The number of carbonyl (C=O) groups is 2. The van der Waals surface area contributed by atoms with Gasteiger partial charge in [0.15, 0.2) is 0 Å². The summed E-state index contributed by atoms with van der Waals surface area (Å²) in [6.45, 7) is 4.29. The third-order valence-corrected chi connectivity index (χ3v) is 5.48. The summed E-state index contributed by atoms with van der Waals surface area (Å²) in [6.07, 6.45) is 3.47. The van der Waals surface area contributed by atoms with Crippen LogP contribution >= 0.6 is 0 Å². The first kappa shape index (κ1) is 19.3. The van der Waals surface area contributed by atoms with Gasteiger partial charge in [0.05, 0.1) is 6.67 Å². The number of benzene rings is 1. The molecule has 2 fully saturated rings. The minimum absolute atomic E-state index is 0.0986. The van der Waals surface area contributed by atoms with Gasteiger partial charge in [0.1, 0.15) is 17.2 Å². The summed E-state index contributed by atoms with van der Waals surface area (Å²) in [5.74, 6) is -2.01. The molecule has 9 heteroatoms. The van der Waals surface area contributed by atoms with Crippen LogP contribution in [0.15, 0.2) is 42.7 Å². The molecule has 0 aliphatic carbocycles. The molecular formula is C20H21F2N5O2. The second-order valence-electron chi connectivity index (χ2n) is 7.36. The molecule has 2 aliphatic heterocycles. The second kappa shape index (κ2) is 7.40. The first-order valence-electron chi connectivity index (χ1n) is 9.35. The molecule has 0 bridgehead atoms. The number of carbonyl (C=O) groups excluding carboxylic acids is 2. The first-order chi connectivity index (χ1) is 13.9. The lowest BCUT2D eigenvalue weighted by Crippen LogP contribution is -2.51. The number of anilines is 1. The van der Waals surface area contributed by atoms with E-state index in [4.69, 9.17) is 0 Å². The molecule has 0 radical (unpaired) electrons. The highest BCUT2D eigenvalue weighted by molar-refractivity contribution is 6.07. The van der Waals surface area contributed by atoms with Gasteiger partial charge in [-0.25, -0.2) is 18.5 Å². The van der Waals surface area contributed by atoms with Crippen molar-refractivity contribution >= 4 is 17.6 Å². The molecule has 4 rings (SSSR count). The molecule has 0 unspecified atom stereocenters. The molecule has 1 N–H and O–H groups in total. The summed E-state index contributed by atoms with van der Waals surface area (Å²) in [4.78, 5) is 34.7. The number of piperazine rings is 1. The van der Waals surface area contributed by atoms with E-state index in [-0.39, 0.29) is 12.2 Å². The summed E-state index contributed by atoms with van der Waals surface area (Å²) in [5, 5.41) is 2.53. The Labute approximate surface area is 166 Å². The molecule has 2 aromatic rings. The maximum absolute atomic E-state index is 14.2. The van der Waals surface area contributed by atoms with Crippen molar-refractivity contribution in [3.63, 3.8) is 0 Å². The van der Waals surface area contributed by atoms with Crippen LogP contribution in [-0.2, 0) is 10.3 Å². The highest BCUT2D eigenvalue weighted by atomic mass is 19.1. The monoisotopic (exact) mass is 401 g/mol. The summed E-state index contributed by atoms with van der Waals surface area (Å²) < 4.78 is 27.9. The Kier molecular flexibility index (Phi) is 4.91. The third-order valence-electron chi connectivity index (χ3n) is 5.48. The van der Waals surface area contributed by atoms with E-state index in [0.29, 0.717) is 13.1 Å². The Hall–Kier alpha value is -3.07. The fourth-order valence-corrected chi connectivity index (χ4v) is 3.79. The molecule has 2 saturated heterocycles. The van der Waals surface area contributed by atoms with Crippen molar-refractivity contribution in [2.45, 2.75) is 12.5 Å². The molecule has 29 heavy (non-hydrogen) atoms. The van der Waals surface area contributed by atoms with E-state index in [2.05, 4.69) is 15.2 Å². The molecular weight excluding hydrogens is 380 g/mol. The number of rotatable bonds is 4. The van der Waals surface area contributed by atoms with Crippen molar-refractivity contribution < 1.29 is 18.4 Å². The number of amides is 3. The van der Waals surface area contributed by atoms with Crippen molar-refractivity contribution in [2.24, 2.45) is 0 Å². The molecule has 1 atom stereocenters. The van der Waals surface area contributed by atoms with Crippen molar-refractivity contribution in [2.75, 3.05) is 37.7 Å². The van der Waals surface area contributed by atoms with Gasteiger partial charge < -0.3 is 10.2 Å². The highest BCUT2D eigenvalue weighted by Crippen LogP contribution is 2.31. The minimum atomic E-state index is -1.64. The summed E-state index contributed by atoms with van der Waals surface area (Å²) in [5.41, 5.74) is -0.744. The SMILES string of the molecule is C[C@@]1(c2cc(F)ccc2F)NC(=O)N(CN2CCN(c3ccncc3)CC2)C1=O. The van der Waals surface area contributed by atoms with Gasteiger partial charge in [-0.15, -0.1) is 0 Å². The minimum Gasteiger partial charge on any atom is -0.369 e. The largest absolute Gasteiger partial charge is 0.369 e. The third kappa shape index (κ3) is 3.53. The number of halogens is 2. The Morgan fingerprint density at radius 1 is 1.07 bits per heavy atom. The van der Waals surface area contributed by atoms with Crippen LogP contribution in [0, 0.1) is 11.6 Å². The number of aromatic nitrogens is 1. The fourth-order valence-electron chi connectivity index (χ4n) is 3.79. The molecule has 2 aliphatic rings. The molecule has 152 valence electrons. The van der Waals surface area contributed by atoms with Crippen LogP contribution in [0.5, 0.6) is 0 Å². The van der Waals surface area contributed by atoms with Crippen LogP contribution in [0.1, 0.15) is 12.5 Å². The Bertz CT molecular complexity index is 934. The van der Waals surface area contributed by atoms with Gasteiger partial charge in [0.2, 0.25) is 0 Å². The van der Waals surface area contributed by atoms with E-state index < -0.39 is 29.1 Å². The first-order valence-corrected chi connectivity index (χ1v) is 9.35. The lowest BCUT2D eigenvalue weighted by atomic mass is 9.91. The quantitative estimate of drug-likeness (QED) is 0.793. The lowest BCUT2D eigenvalue weighted by Gasteiger charge is -2.37. The lowest BCUT2D eigenvalue weighted by molar-refractivity contribution is -0.132. The standard InChI is InChI=1S/C20H21F2N5O2/c1-20(16-12-14(21)2-3-17(16)22)18(28)27(19(29)24-20)13-25-8-10-26(11-9-25)15-4-6-23-7-5-15/h2-7,12H,8-11,13H2,1H3,(H,24,29)/t20-/m0/s1. The smallest absolute Gasteiger partial charge is 0.326 e. The predicted molar refractivity (Wildman–Crippen MR) is 102 cm³/mol. The number of hydrogen-bond acceptors (Lipinski definition) is 5. The van der Waals surface area contributed by atoms with Gasteiger partial charge in [-0.3, -0.25) is 14.7 Å². The van der Waals surface area contributed by atoms with Crippen molar-refractivity contribution in [3.8, 4) is 0 Å². The number of nitrogens with zero attached hydrogens (tertiary/aromatic N) is 4. The average molecular weight is 401 g/mol. The van der Waals surface area contributed by atoms with Crippen LogP contribution in [0.3, 0.4) is 0 Å². The van der Waals surface area contributed by atoms with E-state index >= 15 is 0 Å². The molecule has 3 heterocycles. The normalized spacial score (nSPS) is 22.9. The molecule has 0 spiro atoms. The van der Waals surface area contributed by atoms with Crippen LogP contribution < -0.4 is 10.2 Å². The number of imide groups is 1. The zero-order chi connectivity index (χ0) is 20.6. The topological polar surface area (TPSA) is 68.8 Å². The molecule has 1 aromatic heterocycles. The summed E-state index contributed by atoms with van der Waals surface area (Å²) >= 11 is 0. The van der Waals surface area contributed by atoms with Gasteiger partial charge in [-0.05, 0) is 37.3 Å². The van der Waals surface area contributed by atoms with Crippen LogP contribution in [0.4, 0.5) is 19.3 Å². The van der Waals surface area contributed by atoms with Gasteiger partial charge in [-0.1, -0.05) is 0 Å². The average Bonchev–Trinajstić information content (AvgIpc) is 2.95. The zero-order valence-corrected chi connectivity index (χ0v) is 15.9. The van der Waals surface area contributed by atoms with Crippen molar-refractivity contribution in [1.29, 1.82) is 0 Å². The van der Waals surface area contributed by atoms with Crippen molar-refractivity contribution in [3.05, 3.63) is 59.9 Å². The molecule has 1 aromatic carbocycles. The van der Waals surface area contributed by atoms with Crippen LogP contribution in [-0.4, -0.2) is 59.6 Å². The molecule has 3 amide bonds. The van der Waals surface area contributed by atoms with Crippen molar-refractivity contribution in [1.82, 2.24) is 20.1 Å². The van der Waals surface area contributed by atoms with Crippen LogP contribution in [0.2, 0.25) is 0 Å². The predicted octanol–water partition coefficient (Wildman–Crippen LogP) is 1.91. The van der Waals surface area contributed by atoms with E-state index in [1.165, 1.54) is 6.92 Å².